The van der Waals surface area contributed by atoms with Crippen LogP contribution in [0.3, 0.4) is 0 Å². The zero-order valence-electron chi connectivity index (χ0n) is 8.84. The molecule has 0 aliphatic rings. The Kier molecular flexibility index (Phi) is 4.12. The van der Waals surface area contributed by atoms with Crippen molar-refractivity contribution in [2.24, 2.45) is 0 Å². The number of hydrogen-bond donors (Lipinski definition) is 1. The first-order valence-electron chi connectivity index (χ1n) is 4.51. The minimum atomic E-state index is -0.969. The fourth-order valence-electron chi connectivity index (χ4n) is 1.22. The Labute approximate surface area is 96.0 Å². The van der Waals surface area contributed by atoms with Gasteiger partial charge in [0.05, 0.1) is 17.2 Å². The van der Waals surface area contributed by atoms with Crippen LogP contribution in [0.25, 0.3) is 0 Å². The van der Waals surface area contributed by atoms with Gasteiger partial charge in [-0.3, -0.25) is 0 Å². The molecule has 0 saturated heterocycles. The smallest absolute Gasteiger partial charge is 0.343 e. The van der Waals surface area contributed by atoms with Gasteiger partial charge in [0, 0.05) is 0 Å². The lowest BCUT2D eigenvalue weighted by Crippen LogP contribution is -2.12. The summed E-state index contributed by atoms with van der Waals surface area (Å²) in [4.78, 5) is 11.2. The van der Waals surface area contributed by atoms with Gasteiger partial charge < -0.3 is 10.5 Å². The highest BCUT2D eigenvalue weighted by Crippen LogP contribution is 2.29. The highest BCUT2D eigenvalue weighted by molar-refractivity contribution is 7.98. The third-order valence-electron chi connectivity index (χ3n) is 1.89. The zero-order chi connectivity index (χ0) is 12.3. The summed E-state index contributed by atoms with van der Waals surface area (Å²) >= 11 is 0.867. The Morgan fingerprint density at radius 1 is 1.56 bits per heavy atom. The van der Waals surface area contributed by atoms with E-state index in [9.17, 15) is 13.6 Å². The van der Waals surface area contributed by atoms with Gasteiger partial charge in [0.15, 0.2) is 5.82 Å². The molecule has 3 nitrogen and oxygen atoms in total. The van der Waals surface area contributed by atoms with Crippen molar-refractivity contribution in [1.82, 2.24) is 0 Å². The average Bonchev–Trinajstić information content (AvgIpc) is 2.17. The number of carbonyl (C=O) groups is 1. The summed E-state index contributed by atoms with van der Waals surface area (Å²) < 4.78 is 31.6. The maximum absolute atomic E-state index is 13.7. The molecule has 0 aromatic heterocycles. The van der Waals surface area contributed by atoms with Gasteiger partial charge in [0.1, 0.15) is 11.4 Å². The number of thioether (sulfide) groups is 1. The summed E-state index contributed by atoms with van der Waals surface area (Å²) in [5, 5.41) is 0. The maximum Gasteiger partial charge on any atom is 0.343 e. The Bertz CT molecular complexity index is 424. The number of nitrogens with two attached hydrogens (primary N) is 1. The largest absolute Gasteiger partial charge is 0.462 e. The number of halogens is 2. The molecule has 88 valence electrons. The molecule has 0 heterocycles. The lowest BCUT2D eigenvalue weighted by molar-refractivity contribution is 0.0521. The molecule has 0 atom stereocenters. The standard InChI is InChI=1S/C10H11F2NO2S/c1-3-15-10(14)7-6(13)4-5(11)9(16-2)8(7)12/h4H,3,13H2,1-2H3. The SMILES string of the molecule is CCOC(=O)c1c(N)cc(F)c(SC)c1F. The highest BCUT2D eigenvalue weighted by Gasteiger charge is 2.22. The first kappa shape index (κ1) is 12.8. The molecule has 0 bridgehead atoms. The average molecular weight is 247 g/mol. The van der Waals surface area contributed by atoms with Crippen LogP contribution in [0.4, 0.5) is 14.5 Å². The van der Waals surface area contributed by atoms with E-state index in [0.717, 1.165) is 17.8 Å². The van der Waals surface area contributed by atoms with E-state index in [1.165, 1.54) is 6.26 Å². The van der Waals surface area contributed by atoms with Gasteiger partial charge in [-0.25, -0.2) is 13.6 Å². The lowest BCUT2D eigenvalue weighted by Gasteiger charge is -2.10. The van der Waals surface area contributed by atoms with Crippen molar-refractivity contribution in [2.45, 2.75) is 11.8 Å². The summed E-state index contributed by atoms with van der Waals surface area (Å²) in [6.45, 7) is 1.69. The quantitative estimate of drug-likeness (QED) is 0.506. The third kappa shape index (κ3) is 2.27. The lowest BCUT2D eigenvalue weighted by atomic mass is 10.1. The van der Waals surface area contributed by atoms with E-state index in [1.54, 1.807) is 6.92 Å². The van der Waals surface area contributed by atoms with Gasteiger partial charge in [-0.2, -0.15) is 0 Å². The van der Waals surface area contributed by atoms with Gasteiger partial charge in [0.25, 0.3) is 0 Å². The molecule has 1 aromatic rings. The van der Waals surface area contributed by atoms with Crippen molar-refractivity contribution in [1.29, 1.82) is 0 Å². The van der Waals surface area contributed by atoms with Crippen LogP contribution in [0.5, 0.6) is 0 Å². The predicted octanol–water partition coefficient (Wildman–Crippen LogP) is 2.45. The molecule has 0 spiro atoms. The second-order valence-corrected chi connectivity index (χ2v) is 3.71. The predicted molar refractivity (Wildman–Crippen MR) is 58.5 cm³/mol. The minimum absolute atomic E-state index is 0.101. The molecular formula is C10H11F2NO2S. The molecule has 0 unspecified atom stereocenters. The van der Waals surface area contributed by atoms with Gasteiger partial charge in [-0.1, -0.05) is 0 Å². The van der Waals surface area contributed by atoms with Crippen LogP contribution in [0, 0.1) is 11.6 Å². The van der Waals surface area contributed by atoms with Crippen molar-refractivity contribution < 1.29 is 18.3 Å². The number of rotatable bonds is 3. The third-order valence-corrected chi connectivity index (χ3v) is 2.67. The maximum atomic E-state index is 13.7. The van der Waals surface area contributed by atoms with E-state index in [-0.39, 0.29) is 17.2 Å². The number of ether oxygens (including phenoxy) is 1. The summed E-state index contributed by atoms with van der Waals surface area (Å²) in [6, 6.07) is 0.918. The van der Waals surface area contributed by atoms with E-state index >= 15 is 0 Å². The van der Waals surface area contributed by atoms with E-state index in [0.29, 0.717) is 0 Å². The first-order chi connectivity index (χ1) is 7.52. The number of carbonyl (C=O) groups excluding carboxylic acids is 1. The number of hydrogen-bond acceptors (Lipinski definition) is 4. The summed E-state index contributed by atoms with van der Waals surface area (Å²) in [5.74, 6) is -2.63. The second kappa shape index (κ2) is 5.16. The highest BCUT2D eigenvalue weighted by atomic mass is 32.2. The van der Waals surface area contributed by atoms with Crippen LogP contribution in [-0.4, -0.2) is 18.8 Å². The van der Waals surface area contributed by atoms with Crippen LogP contribution in [0.15, 0.2) is 11.0 Å². The normalized spacial score (nSPS) is 10.2. The second-order valence-electron chi connectivity index (χ2n) is 2.89. The molecule has 0 saturated carbocycles. The number of nitrogen functional groups attached to an aromatic ring is 1. The molecule has 0 aliphatic heterocycles. The number of benzene rings is 1. The molecule has 0 aliphatic carbocycles. The molecule has 0 radical (unpaired) electrons. The van der Waals surface area contributed by atoms with Crippen LogP contribution in [0.1, 0.15) is 17.3 Å². The van der Waals surface area contributed by atoms with Crippen LogP contribution >= 0.6 is 11.8 Å². The molecule has 1 rings (SSSR count). The molecule has 16 heavy (non-hydrogen) atoms. The molecule has 2 N–H and O–H groups in total. The van der Waals surface area contributed by atoms with Crippen molar-refractivity contribution in [3.63, 3.8) is 0 Å². The van der Waals surface area contributed by atoms with Gasteiger partial charge >= 0.3 is 5.97 Å². The molecular weight excluding hydrogens is 236 g/mol. The molecule has 0 amide bonds. The van der Waals surface area contributed by atoms with Crippen molar-refractivity contribution >= 4 is 23.4 Å². The van der Waals surface area contributed by atoms with Crippen molar-refractivity contribution in [3.05, 3.63) is 23.3 Å². The van der Waals surface area contributed by atoms with E-state index in [2.05, 4.69) is 4.74 Å². The fourth-order valence-corrected chi connectivity index (χ4v) is 1.75. The summed E-state index contributed by atoms with van der Waals surface area (Å²) in [7, 11) is 0. The van der Waals surface area contributed by atoms with E-state index < -0.39 is 23.2 Å². The number of esters is 1. The first-order valence-corrected chi connectivity index (χ1v) is 5.74. The Morgan fingerprint density at radius 2 is 2.19 bits per heavy atom. The topological polar surface area (TPSA) is 52.3 Å². The Morgan fingerprint density at radius 3 is 2.69 bits per heavy atom. The van der Waals surface area contributed by atoms with Crippen LogP contribution in [-0.2, 0) is 4.74 Å². The molecule has 6 heteroatoms. The monoisotopic (exact) mass is 247 g/mol. The van der Waals surface area contributed by atoms with E-state index in [4.69, 9.17) is 5.73 Å². The fraction of sp³-hybridized carbons (Fsp3) is 0.300. The van der Waals surface area contributed by atoms with Gasteiger partial charge in [-0.15, -0.1) is 11.8 Å². The Balaban J connectivity index is 3.33. The van der Waals surface area contributed by atoms with Crippen LogP contribution < -0.4 is 5.73 Å². The molecule has 1 aromatic carbocycles. The van der Waals surface area contributed by atoms with Crippen molar-refractivity contribution in [2.75, 3.05) is 18.6 Å². The summed E-state index contributed by atoms with van der Waals surface area (Å²) in [5.41, 5.74) is 4.72. The van der Waals surface area contributed by atoms with E-state index in [1.807, 2.05) is 0 Å². The van der Waals surface area contributed by atoms with Gasteiger partial charge in [0.2, 0.25) is 0 Å². The Hall–Kier alpha value is -1.30. The zero-order valence-corrected chi connectivity index (χ0v) is 9.66. The minimum Gasteiger partial charge on any atom is -0.462 e. The van der Waals surface area contributed by atoms with Crippen LogP contribution in [0.2, 0.25) is 0 Å². The van der Waals surface area contributed by atoms with Crippen molar-refractivity contribution in [3.8, 4) is 0 Å². The van der Waals surface area contributed by atoms with Gasteiger partial charge in [-0.05, 0) is 19.2 Å². The molecule has 0 fully saturated rings. The number of anilines is 1. The summed E-state index contributed by atoms with van der Waals surface area (Å²) in [6.07, 6.45) is 1.51.